The van der Waals surface area contributed by atoms with Crippen LogP contribution in [0.1, 0.15) is 30.3 Å². The van der Waals surface area contributed by atoms with E-state index in [4.69, 9.17) is 5.73 Å². The Labute approximate surface area is 129 Å². The Kier molecular flexibility index (Phi) is 9.51. The Balaban J connectivity index is 0.000000359. The van der Waals surface area contributed by atoms with E-state index in [-0.39, 0.29) is 18.0 Å². The van der Waals surface area contributed by atoms with E-state index in [0.29, 0.717) is 6.54 Å². The number of Topliss-reactive ketones (excluding diaryl/α,β-unsaturated/α-hetero) is 1. The number of carbonyl (C=O) groups is 1. The summed E-state index contributed by atoms with van der Waals surface area (Å²) in [4.78, 5) is 15.0. The van der Waals surface area contributed by atoms with Gasteiger partial charge in [-0.15, -0.1) is 0 Å². The molecule has 0 fully saturated rings. The number of nitrogens with zero attached hydrogens (tertiary/aromatic N) is 1. The second-order valence-corrected chi connectivity index (χ2v) is 5.28. The molecule has 3 nitrogen and oxygen atoms in total. The minimum absolute atomic E-state index is 0. The van der Waals surface area contributed by atoms with Crippen molar-refractivity contribution in [3.8, 4) is 0 Å². The number of aromatic nitrogens is 1. The highest BCUT2D eigenvalue weighted by Gasteiger charge is 2.09. The van der Waals surface area contributed by atoms with E-state index < -0.39 is 0 Å². The molecular formula is C16H21BrN2O. The average Bonchev–Trinajstić information content (AvgIpc) is 2.48. The van der Waals surface area contributed by atoms with Crippen molar-refractivity contribution in [2.24, 2.45) is 5.73 Å². The van der Waals surface area contributed by atoms with Crippen LogP contribution in [0.25, 0.3) is 0 Å². The molecule has 0 amide bonds. The standard InChI is InChI=1S/C9H9BrO.C6H8N2.CH4/c1-7(10)9(11)8-5-3-2-4-6-8;7-5-6-1-3-8-4-2-6;/h2-7H,1H3;1-4H,5,7H2;1H4. The lowest BCUT2D eigenvalue weighted by Gasteiger charge is -2.00. The molecule has 0 aliphatic heterocycles. The molecule has 2 N–H and O–H groups in total. The number of hydrogen-bond donors (Lipinski definition) is 1. The zero-order valence-corrected chi connectivity index (χ0v) is 12.4. The van der Waals surface area contributed by atoms with Crippen molar-refractivity contribution < 1.29 is 4.79 Å². The number of rotatable bonds is 3. The van der Waals surface area contributed by atoms with Gasteiger partial charge in [0, 0.05) is 24.5 Å². The van der Waals surface area contributed by atoms with Crippen molar-refractivity contribution in [2.75, 3.05) is 0 Å². The van der Waals surface area contributed by atoms with E-state index in [1.165, 1.54) is 0 Å². The molecule has 0 aliphatic carbocycles. The Morgan fingerprint density at radius 1 is 1.20 bits per heavy atom. The molecule has 4 heteroatoms. The van der Waals surface area contributed by atoms with Crippen LogP contribution in [0.3, 0.4) is 0 Å². The maximum Gasteiger partial charge on any atom is 0.176 e. The molecule has 20 heavy (non-hydrogen) atoms. The lowest BCUT2D eigenvalue weighted by atomic mass is 10.1. The van der Waals surface area contributed by atoms with Crippen LogP contribution in [0.2, 0.25) is 0 Å². The van der Waals surface area contributed by atoms with Gasteiger partial charge >= 0.3 is 0 Å². The number of carbonyl (C=O) groups excluding carboxylic acids is 1. The Bertz CT molecular complexity index is 486. The first-order valence-corrected chi connectivity index (χ1v) is 6.89. The largest absolute Gasteiger partial charge is 0.326 e. The van der Waals surface area contributed by atoms with Crippen molar-refractivity contribution in [3.63, 3.8) is 0 Å². The number of alkyl halides is 1. The summed E-state index contributed by atoms with van der Waals surface area (Å²) in [6.07, 6.45) is 3.48. The molecule has 1 aromatic carbocycles. The second kappa shape index (κ2) is 10.3. The molecule has 1 aromatic heterocycles. The molecule has 0 spiro atoms. The van der Waals surface area contributed by atoms with E-state index in [0.717, 1.165) is 11.1 Å². The molecule has 0 saturated carbocycles. The van der Waals surface area contributed by atoms with Crippen LogP contribution in [0, 0.1) is 0 Å². The first-order valence-electron chi connectivity index (χ1n) is 5.97. The average molecular weight is 337 g/mol. The lowest BCUT2D eigenvalue weighted by molar-refractivity contribution is 0.0996. The Morgan fingerprint density at radius 3 is 2.15 bits per heavy atom. The van der Waals surface area contributed by atoms with Gasteiger partial charge in [-0.25, -0.2) is 0 Å². The van der Waals surface area contributed by atoms with Gasteiger partial charge < -0.3 is 5.73 Å². The third-order valence-corrected chi connectivity index (χ3v) is 2.82. The molecule has 108 valence electrons. The lowest BCUT2D eigenvalue weighted by Crippen LogP contribution is -2.09. The number of pyridine rings is 1. The molecule has 2 rings (SSSR count). The van der Waals surface area contributed by atoms with Gasteiger partial charge in [0.1, 0.15) is 0 Å². The van der Waals surface area contributed by atoms with Crippen molar-refractivity contribution in [2.45, 2.75) is 25.7 Å². The van der Waals surface area contributed by atoms with Gasteiger partial charge in [0.05, 0.1) is 4.83 Å². The number of ketones is 1. The molecule has 0 aliphatic rings. The summed E-state index contributed by atoms with van der Waals surface area (Å²) in [6.45, 7) is 2.43. The van der Waals surface area contributed by atoms with Crippen molar-refractivity contribution in [3.05, 3.63) is 66.0 Å². The molecule has 0 bridgehead atoms. The summed E-state index contributed by atoms with van der Waals surface area (Å²) in [6, 6.07) is 13.1. The fourth-order valence-electron chi connectivity index (χ4n) is 1.35. The van der Waals surface area contributed by atoms with Crippen LogP contribution >= 0.6 is 15.9 Å². The minimum atomic E-state index is -0.0927. The normalized spacial score (nSPS) is 10.6. The van der Waals surface area contributed by atoms with Crippen LogP contribution < -0.4 is 5.73 Å². The third-order valence-electron chi connectivity index (χ3n) is 2.40. The fraction of sp³-hybridized carbons (Fsp3) is 0.250. The SMILES string of the molecule is C.CC(Br)C(=O)c1ccccc1.NCc1ccncc1. The molecule has 1 unspecified atom stereocenters. The molecule has 0 radical (unpaired) electrons. The van der Waals surface area contributed by atoms with Crippen LogP contribution in [-0.4, -0.2) is 15.6 Å². The predicted octanol–water partition coefficient (Wildman–Crippen LogP) is 3.83. The third kappa shape index (κ3) is 6.59. The van der Waals surface area contributed by atoms with Gasteiger partial charge in [-0.05, 0) is 24.6 Å². The second-order valence-electron chi connectivity index (χ2n) is 3.91. The summed E-state index contributed by atoms with van der Waals surface area (Å²) in [5.41, 5.74) is 7.21. The number of hydrogen-bond acceptors (Lipinski definition) is 3. The van der Waals surface area contributed by atoms with E-state index in [1.807, 2.05) is 49.4 Å². The summed E-state index contributed by atoms with van der Waals surface area (Å²) >= 11 is 3.23. The van der Waals surface area contributed by atoms with E-state index in [2.05, 4.69) is 20.9 Å². The molecule has 1 heterocycles. The highest BCUT2D eigenvalue weighted by atomic mass is 79.9. The topological polar surface area (TPSA) is 56.0 Å². The van der Waals surface area contributed by atoms with Crippen LogP contribution in [0.4, 0.5) is 0 Å². The molecule has 0 saturated heterocycles. The summed E-state index contributed by atoms with van der Waals surface area (Å²) in [7, 11) is 0. The van der Waals surface area contributed by atoms with Crippen LogP contribution in [-0.2, 0) is 6.54 Å². The first-order chi connectivity index (χ1) is 9.15. The van der Waals surface area contributed by atoms with Gasteiger partial charge in [-0.3, -0.25) is 9.78 Å². The molecule has 1 atom stereocenters. The highest BCUT2D eigenvalue weighted by molar-refractivity contribution is 9.10. The van der Waals surface area contributed by atoms with Gasteiger partial charge in [0.2, 0.25) is 0 Å². The maximum absolute atomic E-state index is 11.3. The fourth-order valence-corrected chi connectivity index (χ4v) is 1.62. The van der Waals surface area contributed by atoms with Crippen molar-refractivity contribution in [1.29, 1.82) is 0 Å². The predicted molar refractivity (Wildman–Crippen MR) is 88.0 cm³/mol. The van der Waals surface area contributed by atoms with Gasteiger partial charge in [-0.2, -0.15) is 0 Å². The van der Waals surface area contributed by atoms with E-state index in [1.54, 1.807) is 12.4 Å². The number of nitrogens with two attached hydrogens (primary N) is 1. The highest BCUT2D eigenvalue weighted by Crippen LogP contribution is 2.08. The summed E-state index contributed by atoms with van der Waals surface area (Å²) < 4.78 is 0. The zero-order chi connectivity index (χ0) is 14.1. The minimum Gasteiger partial charge on any atom is -0.326 e. The molecule has 2 aromatic rings. The monoisotopic (exact) mass is 336 g/mol. The van der Waals surface area contributed by atoms with Crippen molar-refractivity contribution in [1.82, 2.24) is 4.98 Å². The smallest absolute Gasteiger partial charge is 0.176 e. The summed E-state index contributed by atoms with van der Waals surface area (Å²) in [5, 5.41) is 0. The van der Waals surface area contributed by atoms with Crippen LogP contribution in [0.5, 0.6) is 0 Å². The van der Waals surface area contributed by atoms with Gasteiger partial charge in [0.25, 0.3) is 0 Å². The van der Waals surface area contributed by atoms with Gasteiger partial charge in [-0.1, -0.05) is 53.7 Å². The quantitative estimate of drug-likeness (QED) is 0.684. The molecular weight excluding hydrogens is 316 g/mol. The first kappa shape index (κ1) is 18.5. The van der Waals surface area contributed by atoms with Crippen molar-refractivity contribution >= 4 is 21.7 Å². The maximum atomic E-state index is 11.3. The van der Waals surface area contributed by atoms with Gasteiger partial charge in [0.15, 0.2) is 5.78 Å². The van der Waals surface area contributed by atoms with Crippen LogP contribution in [0.15, 0.2) is 54.9 Å². The number of halogens is 1. The van der Waals surface area contributed by atoms with E-state index >= 15 is 0 Å². The summed E-state index contributed by atoms with van der Waals surface area (Å²) in [5.74, 6) is 0.130. The zero-order valence-electron chi connectivity index (χ0n) is 10.8. The Morgan fingerprint density at radius 2 is 1.75 bits per heavy atom. The number of benzene rings is 1. The Hall–Kier alpha value is -1.52. The van der Waals surface area contributed by atoms with E-state index in [9.17, 15) is 4.79 Å².